The van der Waals surface area contributed by atoms with Crippen molar-refractivity contribution in [3.63, 3.8) is 0 Å². The first-order chi connectivity index (χ1) is 7.25. The normalized spacial score (nSPS) is 19.3. The van der Waals surface area contributed by atoms with E-state index in [4.69, 9.17) is 0 Å². The van der Waals surface area contributed by atoms with Crippen molar-refractivity contribution in [1.29, 1.82) is 0 Å². The molecule has 82 valence electrons. The van der Waals surface area contributed by atoms with Crippen LogP contribution in [0.2, 0.25) is 0 Å². The molecule has 0 aromatic carbocycles. The maximum absolute atomic E-state index is 13.0. The Morgan fingerprint density at radius 3 is 2.80 bits per heavy atom. The summed E-state index contributed by atoms with van der Waals surface area (Å²) >= 11 is 0. The quantitative estimate of drug-likeness (QED) is 0.826. The van der Waals surface area contributed by atoms with Gasteiger partial charge >= 0.3 is 0 Å². The van der Waals surface area contributed by atoms with E-state index in [2.05, 4.69) is 17.2 Å². The van der Waals surface area contributed by atoms with Crippen molar-refractivity contribution in [3.05, 3.63) is 29.8 Å². The molecule has 1 aromatic rings. The largest absolute Gasteiger partial charge is 0.307 e. The molecule has 0 spiro atoms. The van der Waals surface area contributed by atoms with Crippen LogP contribution in [0.15, 0.2) is 18.5 Å². The second-order valence-electron chi connectivity index (χ2n) is 4.31. The number of nitrogens with zero attached hydrogens (tertiary/aromatic N) is 1. The monoisotopic (exact) mass is 208 g/mol. The minimum Gasteiger partial charge on any atom is -0.307 e. The van der Waals surface area contributed by atoms with Gasteiger partial charge in [0, 0.05) is 18.3 Å². The maximum Gasteiger partial charge on any atom is 0.141 e. The summed E-state index contributed by atoms with van der Waals surface area (Å²) in [6, 6.07) is 2.35. The van der Waals surface area contributed by atoms with Gasteiger partial charge in [0.05, 0.1) is 6.20 Å². The van der Waals surface area contributed by atoms with Crippen molar-refractivity contribution in [2.75, 3.05) is 0 Å². The van der Waals surface area contributed by atoms with E-state index in [1.807, 2.05) is 0 Å². The molecule has 0 aliphatic heterocycles. The molecule has 1 saturated carbocycles. The van der Waals surface area contributed by atoms with Crippen LogP contribution in [0.4, 0.5) is 4.39 Å². The second kappa shape index (κ2) is 4.71. The first-order valence-corrected chi connectivity index (χ1v) is 5.62. The van der Waals surface area contributed by atoms with Crippen LogP contribution in [0.3, 0.4) is 0 Å². The van der Waals surface area contributed by atoms with Gasteiger partial charge in [-0.25, -0.2) is 4.39 Å². The molecular formula is C12H17FN2. The molecule has 0 radical (unpaired) electrons. The molecule has 1 atom stereocenters. The van der Waals surface area contributed by atoms with Gasteiger partial charge in [-0.1, -0.05) is 12.8 Å². The lowest BCUT2D eigenvalue weighted by atomic mass is 10.1. The van der Waals surface area contributed by atoms with Crippen molar-refractivity contribution in [2.24, 2.45) is 0 Å². The van der Waals surface area contributed by atoms with Gasteiger partial charge in [-0.05, 0) is 31.4 Å². The van der Waals surface area contributed by atoms with E-state index >= 15 is 0 Å². The number of pyridine rings is 1. The number of hydrogen-bond donors (Lipinski definition) is 1. The van der Waals surface area contributed by atoms with Crippen LogP contribution in [0.5, 0.6) is 0 Å². The molecule has 0 amide bonds. The Balaban J connectivity index is 1.97. The highest BCUT2D eigenvalue weighted by molar-refractivity contribution is 5.14. The van der Waals surface area contributed by atoms with Crippen LogP contribution >= 0.6 is 0 Å². The topological polar surface area (TPSA) is 24.9 Å². The number of halogens is 1. The molecule has 1 N–H and O–H groups in total. The molecule has 1 fully saturated rings. The highest BCUT2D eigenvalue weighted by atomic mass is 19.1. The van der Waals surface area contributed by atoms with Crippen LogP contribution in [0, 0.1) is 5.82 Å². The number of aromatic nitrogens is 1. The Morgan fingerprint density at radius 2 is 2.13 bits per heavy atom. The predicted molar refractivity (Wildman–Crippen MR) is 58.0 cm³/mol. The van der Waals surface area contributed by atoms with Gasteiger partial charge in [-0.3, -0.25) is 4.98 Å². The molecule has 0 saturated heterocycles. The number of hydrogen-bond acceptors (Lipinski definition) is 2. The Kier molecular flexibility index (Phi) is 3.31. The van der Waals surface area contributed by atoms with E-state index in [-0.39, 0.29) is 11.9 Å². The average Bonchev–Trinajstić information content (AvgIpc) is 2.70. The third kappa shape index (κ3) is 2.75. The predicted octanol–water partition coefficient (Wildman–Crippen LogP) is 2.81. The third-order valence-corrected chi connectivity index (χ3v) is 3.07. The summed E-state index contributed by atoms with van der Waals surface area (Å²) in [5.41, 5.74) is 0.932. The van der Waals surface area contributed by atoms with Crippen molar-refractivity contribution in [3.8, 4) is 0 Å². The summed E-state index contributed by atoms with van der Waals surface area (Å²) in [6.07, 6.45) is 8.08. The van der Waals surface area contributed by atoms with E-state index in [1.165, 1.54) is 31.9 Å². The lowest BCUT2D eigenvalue weighted by Crippen LogP contribution is -2.29. The summed E-state index contributed by atoms with van der Waals surface area (Å²) in [4.78, 5) is 3.86. The number of nitrogens with one attached hydrogen (secondary N) is 1. The molecule has 1 aromatic heterocycles. The fourth-order valence-corrected chi connectivity index (χ4v) is 2.21. The Hall–Kier alpha value is -0.960. The highest BCUT2D eigenvalue weighted by Gasteiger charge is 2.17. The summed E-state index contributed by atoms with van der Waals surface area (Å²) in [7, 11) is 0. The summed E-state index contributed by atoms with van der Waals surface area (Å²) < 4.78 is 13.0. The van der Waals surface area contributed by atoms with E-state index < -0.39 is 0 Å². The maximum atomic E-state index is 13.0. The van der Waals surface area contributed by atoms with Crippen molar-refractivity contribution in [1.82, 2.24) is 10.3 Å². The van der Waals surface area contributed by atoms with Crippen LogP contribution in [-0.4, -0.2) is 11.0 Å². The van der Waals surface area contributed by atoms with Crippen molar-refractivity contribution >= 4 is 0 Å². The SMILES string of the molecule is CC(NC1CCCC1)c1cncc(F)c1. The number of rotatable bonds is 3. The van der Waals surface area contributed by atoms with Gasteiger partial charge < -0.3 is 5.32 Å². The molecule has 2 nitrogen and oxygen atoms in total. The average molecular weight is 208 g/mol. The molecule has 15 heavy (non-hydrogen) atoms. The molecule has 2 rings (SSSR count). The first kappa shape index (κ1) is 10.6. The zero-order valence-electron chi connectivity index (χ0n) is 9.04. The Labute approximate surface area is 89.9 Å². The second-order valence-corrected chi connectivity index (χ2v) is 4.31. The third-order valence-electron chi connectivity index (χ3n) is 3.07. The van der Waals surface area contributed by atoms with Gasteiger partial charge in [-0.2, -0.15) is 0 Å². The zero-order valence-corrected chi connectivity index (χ0v) is 9.04. The van der Waals surface area contributed by atoms with Crippen LogP contribution < -0.4 is 5.32 Å². The van der Waals surface area contributed by atoms with E-state index in [0.29, 0.717) is 6.04 Å². The fourth-order valence-electron chi connectivity index (χ4n) is 2.21. The van der Waals surface area contributed by atoms with E-state index in [1.54, 1.807) is 12.3 Å². The smallest absolute Gasteiger partial charge is 0.141 e. The molecular weight excluding hydrogens is 191 g/mol. The molecule has 3 heteroatoms. The zero-order chi connectivity index (χ0) is 10.7. The summed E-state index contributed by atoms with van der Waals surface area (Å²) in [6.45, 7) is 2.06. The fraction of sp³-hybridized carbons (Fsp3) is 0.583. The highest BCUT2D eigenvalue weighted by Crippen LogP contribution is 2.21. The standard InChI is InChI=1S/C12H17FN2/c1-9(15-12-4-2-3-5-12)10-6-11(13)8-14-7-10/h6-9,12,15H,2-5H2,1H3. The molecule has 0 bridgehead atoms. The van der Waals surface area contributed by atoms with Gasteiger partial charge in [0.2, 0.25) is 0 Å². The minimum absolute atomic E-state index is 0.191. The van der Waals surface area contributed by atoms with Crippen LogP contribution in [0.25, 0.3) is 0 Å². The van der Waals surface area contributed by atoms with Crippen LogP contribution in [0.1, 0.15) is 44.2 Å². The Morgan fingerprint density at radius 1 is 1.40 bits per heavy atom. The molecule has 1 aliphatic rings. The lowest BCUT2D eigenvalue weighted by molar-refractivity contribution is 0.458. The lowest BCUT2D eigenvalue weighted by Gasteiger charge is -2.19. The first-order valence-electron chi connectivity index (χ1n) is 5.62. The van der Waals surface area contributed by atoms with Crippen molar-refractivity contribution < 1.29 is 4.39 Å². The van der Waals surface area contributed by atoms with Gasteiger partial charge in [-0.15, -0.1) is 0 Å². The van der Waals surface area contributed by atoms with Crippen molar-refractivity contribution in [2.45, 2.75) is 44.7 Å². The minimum atomic E-state index is -0.257. The summed E-state index contributed by atoms with van der Waals surface area (Å²) in [5, 5.41) is 3.52. The van der Waals surface area contributed by atoms with Crippen LogP contribution in [-0.2, 0) is 0 Å². The van der Waals surface area contributed by atoms with Gasteiger partial charge in [0.1, 0.15) is 5.82 Å². The Bertz CT molecular complexity index is 321. The van der Waals surface area contributed by atoms with Gasteiger partial charge in [0.25, 0.3) is 0 Å². The summed E-state index contributed by atoms with van der Waals surface area (Å²) in [5.74, 6) is -0.257. The van der Waals surface area contributed by atoms with Gasteiger partial charge in [0.15, 0.2) is 0 Å². The molecule has 1 unspecified atom stereocenters. The van der Waals surface area contributed by atoms with E-state index in [9.17, 15) is 4.39 Å². The molecule has 1 heterocycles. The van der Waals surface area contributed by atoms with E-state index in [0.717, 1.165) is 5.56 Å². The molecule has 1 aliphatic carbocycles.